The summed E-state index contributed by atoms with van der Waals surface area (Å²) >= 11 is 0. The Morgan fingerprint density at radius 1 is 1.62 bits per heavy atom. The van der Waals surface area contributed by atoms with E-state index in [4.69, 9.17) is 14.7 Å². The molecular weight excluding hydrogens is 172 g/mol. The molecule has 0 aromatic carbocycles. The number of rotatable bonds is 1. The first-order valence-electron chi connectivity index (χ1n) is 4.48. The van der Waals surface area contributed by atoms with Crippen molar-refractivity contribution in [3.63, 3.8) is 0 Å². The highest BCUT2D eigenvalue weighted by molar-refractivity contribution is 5.17. The molecule has 1 N–H and O–H groups in total. The van der Waals surface area contributed by atoms with Crippen LogP contribution in [0.15, 0.2) is 12.2 Å². The van der Waals surface area contributed by atoms with Crippen LogP contribution in [0.5, 0.6) is 0 Å². The Kier molecular flexibility index (Phi) is 2.38. The minimum absolute atomic E-state index is 0.0911. The molecule has 2 fully saturated rings. The van der Waals surface area contributed by atoms with E-state index in [1.165, 1.54) is 0 Å². The van der Waals surface area contributed by atoms with Crippen LogP contribution in [0.2, 0.25) is 0 Å². The molecule has 0 aromatic heterocycles. The molecule has 2 aliphatic rings. The van der Waals surface area contributed by atoms with E-state index >= 15 is 0 Å². The van der Waals surface area contributed by atoms with Gasteiger partial charge in [-0.2, -0.15) is 0 Å². The Morgan fingerprint density at radius 3 is 3.08 bits per heavy atom. The van der Waals surface area contributed by atoms with Crippen molar-refractivity contribution in [3.05, 3.63) is 12.2 Å². The number of hydrogen-bond acceptors (Lipinski definition) is 4. The quantitative estimate of drug-likeness (QED) is 0.379. The third kappa shape index (κ3) is 1.50. The molecule has 1 aliphatic heterocycles. The van der Waals surface area contributed by atoms with E-state index in [9.17, 15) is 0 Å². The average Bonchev–Trinajstić information content (AvgIpc) is 2.42. The van der Waals surface area contributed by atoms with Crippen LogP contribution in [0.3, 0.4) is 0 Å². The molecule has 74 valence electrons. The van der Waals surface area contributed by atoms with Gasteiger partial charge in [0.2, 0.25) is 0 Å². The maximum Gasteiger partial charge on any atom is 0.155 e. The van der Waals surface area contributed by atoms with Gasteiger partial charge in [0.25, 0.3) is 0 Å². The molecule has 1 aliphatic carbocycles. The first-order valence-corrected chi connectivity index (χ1v) is 4.48. The topological polar surface area (TPSA) is 47.9 Å². The first kappa shape index (κ1) is 9.15. The van der Waals surface area contributed by atoms with E-state index in [2.05, 4.69) is 11.5 Å². The molecule has 0 bridgehead atoms. The largest absolute Gasteiger partial charge is 0.352 e. The van der Waals surface area contributed by atoms with Crippen LogP contribution in [-0.2, 0) is 14.4 Å². The summed E-state index contributed by atoms with van der Waals surface area (Å²) in [6.45, 7) is 6.35. The smallest absolute Gasteiger partial charge is 0.155 e. The summed E-state index contributed by atoms with van der Waals surface area (Å²) in [5, 5.41) is 8.59. The zero-order chi connectivity index (χ0) is 9.42. The van der Waals surface area contributed by atoms with Gasteiger partial charge >= 0.3 is 0 Å². The van der Waals surface area contributed by atoms with Crippen LogP contribution in [0.25, 0.3) is 0 Å². The summed E-state index contributed by atoms with van der Waals surface area (Å²) in [5.74, 6) is 0.174. The standard InChI is InChI=1S/C9H14O4/c1-5-7-4-11-6(2)12-9(7)3-8(5)13-10/h6-10H,1,3-4H2,2H3/t6-,7?,8-,9+/m1/s1. The van der Waals surface area contributed by atoms with E-state index in [1.54, 1.807) is 0 Å². The van der Waals surface area contributed by atoms with Gasteiger partial charge in [-0.25, -0.2) is 4.89 Å². The maximum absolute atomic E-state index is 8.59. The summed E-state index contributed by atoms with van der Waals surface area (Å²) < 4.78 is 10.9. The van der Waals surface area contributed by atoms with Crippen molar-refractivity contribution in [2.24, 2.45) is 5.92 Å². The van der Waals surface area contributed by atoms with E-state index in [0.717, 1.165) is 5.57 Å². The molecule has 4 atom stereocenters. The van der Waals surface area contributed by atoms with Crippen LogP contribution < -0.4 is 0 Å². The highest BCUT2D eigenvalue weighted by atomic mass is 17.1. The second-order valence-corrected chi connectivity index (χ2v) is 3.59. The lowest BCUT2D eigenvalue weighted by Gasteiger charge is -2.30. The number of hydrogen-bond donors (Lipinski definition) is 1. The van der Waals surface area contributed by atoms with E-state index in [0.29, 0.717) is 13.0 Å². The Hall–Kier alpha value is -0.420. The van der Waals surface area contributed by atoms with Crippen molar-refractivity contribution in [3.8, 4) is 0 Å². The summed E-state index contributed by atoms with van der Waals surface area (Å²) in [6, 6.07) is 0. The van der Waals surface area contributed by atoms with Gasteiger partial charge in [-0.15, -0.1) is 0 Å². The zero-order valence-electron chi connectivity index (χ0n) is 7.60. The molecule has 4 heteroatoms. The molecule has 1 heterocycles. The normalized spacial score (nSPS) is 44.9. The predicted octanol–water partition coefficient (Wildman–Crippen LogP) is 1.18. The van der Waals surface area contributed by atoms with Gasteiger partial charge in [-0.1, -0.05) is 6.58 Å². The second kappa shape index (κ2) is 3.38. The van der Waals surface area contributed by atoms with Gasteiger partial charge in [0.15, 0.2) is 6.29 Å². The Bertz CT molecular complexity index is 216. The van der Waals surface area contributed by atoms with Crippen molar-refractivity contribution >= 4 is 0 Å². The molecule has 0 aromatic rings. The van der Waals surface area contributed by atoms with Gasteiger partial charge < -0.3 is 9.47 Å². The van der Waals surface area contributed by atoms with E-state index in [-0.39, 0.29) is 24.4 Å². The van der Waals surface area contributed by atoms with Crippen LogP contribution in [0.1, 0.15) is 13.3 Å². The summed E-state index contributed by atoms with van der Waals surface area (Å²) in [5.41, 5.74) is 0.874. The lowest BCUT2D eigenvalue weighted by atomic mass is 10.0. The Labute approximate surface area is 77.0 Å². The maximum atomic E-state index is 8.59. The summed E-state index contributed by atoms with van der Waals surface area (Å²) in [7, 11) is 0. The first-order chi connectivity index (χ1) is 6.22. The predicted molar refractivity (Wildman–Crippen MR) is 45.0 cm³/mol. The van der Waals surface area contributed by atoms with Crippen molar-refractivity contribution in [1.82, 2.24) is 0 Å². The Balaban J connectivity index is 2.07. The molecule has 1 saturated carbocycles. The fraction of sp³-hybridized carbons (Fsp3) is 0.778. The lowest BCUT2D eigenvalue weighted by Crippen LogP contribution is -2.35. The van der Waals surface area contributed by atoms with Gasteiger partial charge in [0.1, 0.15) is 6.10 Å². The molecule has 13 heavy (non-hydrogen) atoms. The van der Waals surface area contributed by atoms with Crippen LogP contribution in [0, 0.1) is 5.92 Å². The fourth-order valence-electron chi connectivity index (χ4n) is 2.00. The molecule has 1 saturated heterocycles. The van der Waals surface area contributed by atoms with Crippen molar-refractivity contribution in [1.29, 1.82) is 0 Å². The van der Waals surface area contributed by atoms with Crippen LogP contribution >= 0.6 is 0 Å². The van der Waals surface area contributed by atoms with Crippen molar-refractivity contribution in [2.75, 3.05) is 6.61 Å². The van der Waals surface area contributed by atoms with Gasteiger partial charge in [-0.05, 0) is 12.5 Å². The van der Waals surface area contributed by atoms with Gasteiger partial charge in [0, 0.05) is 12.3 Å². The summed E-state index contributed by atoms with van der Waals surface area (Å²) in [4.78, 5) is 4.32. The third-order valence-electron chi connectivity index (χ3n) is 2.79. The molecule has 2 rings (SSSR count). The van der Waals surface area contributed by atoms with Gasteiger partial charge in [0.05, 0.1) is 12.7 Å². The fourth-order valence-corrected chi connectivity index (χ4v) is 2.00. The van der Waals surface area contributed by atoms with Crippen molar-refractivity contribution in [2.45, 2.75) is 31.8 Å². The molecule has 0 spiro atoms. The summed E-state index contributed by atoms with van der Waals surface area (Å²) in [6.07, 6.45) is 0.317. The van der Waals surface area contributed by atoms with Crippen LogP contribution in [0.4, 0.5) is 0 Å². The molecule has 4 nitrogen and oxygen atoms in total. The molecular formula is C9H14O4. The average molecular weight is 186 g/mol. The monoisotopic (exact) mass is 186 g/mol. The SMILES string of the molecule is C=C1C2CO[C@@H](C)O[C@H]2C[C@H]1OO. The van der Waals surface area contributed by atoms with E-state index < -0.39 is 0 Å². The van der Waals surface area contributed by atoms with Crippen molar-refractivity contribution < 1.29 is 19.6 Å². The highest BCUT2D eigenvalue weighted by Crippen LogP contribution is 2.37. The number of fused-ring (bicyclic) bond motifs is 1. The third-order valence-corrected chi connectivity index (χ3v) is 2.79. The lowest BCUT2D eigenvalue weighted by molar-refractivity contribution is -0.270. The molecule has 1 unspecified atom stereocenters. The van der Waals surface area contributed by atoms with E-state index in [1.807, 2.05) is 6.92 Å². The minimum Gasteiger partial charge on any atom is -0.352 e. The Morgan fingerprint density at radius 2 is 2.38 bits per heavy atom. The van der Waals surface area contributed by atoms with Crippen LogP contribution in [-0.4, -0.2) is 30.4 Å². The molecule has 0 amide bonds. The molecule has 0 radical (unpaired) electrons. The van der Waals surface area contributed by atoms with Gasteiger partial charge in [-0.3, -0.25) is 5.26 Å². The number of ether oxygens (including phenoxy) is 2. The second-order valence-electron chi connectivity index (χ2n) is 3.59. The highest BCUT2D eigenvalue weighted by Gasteiger charge is 2.42. The zero-order valence-corrected chi connectivity index (χ0v) is 7.60. The minimum atomic E-state index is -0.288.